The second kappa shape index (κ2) is 2.72. The first-order valence-corrected chi connectivity index (χ1v) is 4.25. The van der Waals surface area contributed by atoms with E-state index in [1.807, 2.05) is 0 Å². The predicted molar refractivity (Wildman–Crippen MR) is 50.2 cm³/mol. The van der Waals surface area contributed by atoms with Crippen LogP contribution in [0.2, 0.25) is 0 Å². The summed E-state index contributed by atoms with van der Waals surface area (Å²) < 4.78 is 10.0. The minimum absolute atomic E-state index is 0.430. The van der Waals surface area contributed by atoms with Crippen molar-refractivity contribution in [3.05, 3.63) is 23.8 Å². The molecular formula is C10H11NO3. The lowest BCUT2D eigenvalue weighted by Crippen LogP contribution is -2.39. The van der Waals surface area contributed by atoms with Gasteiger partial charge < -0.3 is 15.2 Å². The number of methoxy groups -OCH3 is 1. The molecule has 0 aromatic heterocycles. The Morgan fingerprint density at radius 2 is 2.21 bits per heavy atom. The van der Waals surface area contributed by atoms with Crippen molar-refractivity contribution in [3.8, 4) is 11.5 Å². The van der Waals surface area contributed by atoms with Crippen LogP contribution in [0.3, 0.4) is 0 Å². The summed E-state index contributed by atoms with van der Waals surface area (Å²) in [5, 5.41) is 0. The Bertz CT molecular complexity index is 398. The third kappa shape index (κ3) is 1.08. The summed E-state index contributed by atoms with van der Waals surface area (Å²) >= 11 is 0. The van der Waals surface area contributed by atoms with Crippen LogP contribution in [0.15, 0.2) is 18.2 Å². The maximum atomic E-state index is 11.4. The standard InChI is InChI=1S/C10H11NO3/c1-10(11)7-5-6(13-2)3-4-8(7)14-9(10)12/h3-5H,11H2,1-2H3. The zero-order valence-corrected chi connectivity index (χ0v) is 8.03. The van der Waals surface area contributed by atoms with Crippen LogP contribution >= 0.6 is 0 Å². The van der Waals surface area contributed by atoms with E-state index in [4.69, 9.17) is 15.2 Å². The first-order valence-electron chi connectivity index (χ1n) is 4.25. The molecule has 0 radical (unpaired) electrons. The summed E-state index contributed by atoms with van der Waals surface area (Å²) in [6.45, 7) is 1.63. The summed E-state index contributed by atoms with van der Waals surface area (Å²) in [6, 6.07) is 5.14. The molecule has 1 aromatic rings. The van der Waals surface area contributed by atoms with E-state index in [9.17, 15) is 4.79 Å². The van der Waals surface area contributed by atoms with E-state index < -0.39 is 11.5 Å². The third-order valence-electron chi connectivity index (χ3n) is 2.37. The van der Waals surface area contributed by atoms with Gasteiger partial charge in [0.1, 0.15) is 17.0 Å². The minimum atomic E-state index is -1.07. The molecule has 4 heteroatoms. The first-order chi connectivity index (χ1) is 6.55. The van der Waals surface area contributed by atoms with Gasteiger partial charge in [0.15, 0.2) is 0 Å². The van der Waals surface area contributed by atoms with Crippen molar-refractivity contribution in [3.63, 3.8) is 0 Å². The number of fused-ring (bicyclic) bond motifs is 1. The van der Waals surface area contributed by atoms with E-state index in [1.54, 1.807) is 32.2 Å². The fraction of sp³-hybridized carbons (Fsp3) is 0.300. The van der Waals surface area contributed by atoms with E-state index in [0.29, 0.717) is 17.1 Å². The van der Waals surface area contributed by atoms with Gasteiger partial charge in [0.25, 0.3) is 0 Å². The van der Waals surface area contributed by atoms with Crippen molar-refractivity contribution in [1.82, 2.24) is 0 Å². The molecular weight excluding hydrogens is 182 g/mol. The summed E-state index contributed by atoms with van der Waals surface area (Å²) in [6.07, 6.45) is 0. The lowest BCUT2D eigenvalue weighted by molar-refractivity contribution is -0.137. The van der Waals surface area contributed by atoms with Gasteiger partial charge in [-0.15, -0.1) is 0 Å². The normalized spacial score (nSPS) is 24.4. The average molecular weight is 193 g/mol. The zero-order valence-electron chi connectivity index (χ0n) is 8.03. The maximum absolute atomic E-state index is 11.4. The molecule has 0 aliphatic carbocycles. The largest absolute Gasteiger partial charge is 0.497 e. The molecule has 1 aliphatic heterocycles. The van der Waals surface area contributed by atoms with Crippen LogP contribution in [0.25, 0.3) is 0 Å². The van der Waals surface area contributed by atoms with Gasteiger partial charge in [-0.2, -0.15) is 0 Å². The van der Waals surface area contributed by atoms with Gasteiger partial charge in [-0.25, -0.2) is 4.79 Å². The third-order valence-corrected chi connectivity index (χ3v) is 2.37. The highest BCUT2D eigenvalue weighted by atomic mass is 16.5. The molecule has 1 unspecified atom stereocenters. The number of carbonyl (C=O) groups is 1. The molecule has 1 aromatic carbocycles. The van der Waals surface area contributed by atoms with Gasteiger partial charge in [0, 0.05) is 5.56 Å². The molecule has 0 bridgehead atoms. The van der Waals surface area contributed by atoms with Crippen molar-refractivity contribution < 1.29 is 14.3 Å². The number of benzene rings is 1. The fourth-order valence-corrected chi connectivity index (χ4v) is 1.45. The molecule has 4 nitrogen and oxygen atoms in total. The molecule has 2 N–H and O–H groups in total. The second-order valence-electron chi connectivity index (χ2n) is 3.45. The van der Waals surface area contributed by atoms with Crippen LogP contribution in [-0.4, -0.2) is 13.1 Å². The Balaban J connectivity index is 2.56. The van der Waals surface area contributed by atoms with Crippen molar-refractivity contribution in [2.45, 2.75) is 12.5 Å². The Labute approximate surface area is 81.6 Å². The first kappa shape index (κ1) is 9.02. The number of carbonyl (C=O) groups excluding carboxylic acids is 1. The van der Waals surface area contributed by atoms with Crippen molar-refractivity contribution >= 4 is 5.97 Å². The molecule has 0 fully saturated rings. The van der Waals surface area contributed by atoms with Crippen LogP contribution in [-0.2, 0) is 10.3 Å². The van der Waals surface area contributed by atoms with Gasteiger partial charge >= 0.3 is 5.97 Å². The Hall–Kier alpha value is -1.55. The highest BCUT2D eigenvalue weighted by Gasteiger charge is 2.41. The SMILES string of the molecule is COc1ccc2c(c1)C(C)(N)C(=O)O2. The van der Waals surface area contributed by atoms with E-state index in [2.05, 4.69) is 0 Å². The smallest absolute Gasteiger partial charge is 0.336 e. The molecule has 74 valence electrons. The summed E-state index contributed by atoms with van der Waals surface area (Å²) in [5.74, 6) is 0.750. The monoisotopic (exact) mass is 193 g/mol. The van der Waals surface area contributed by atoms with E-state index in [0.717, 1.165) is 0 Å². The molecule has 1 aliphatic rings. The van der Waals surface area contributed by atoms with Gasteiger partial charge in [-0.3, -0.25) is 0 Å². The van der Waals surface area contributed by atoms with Crippen LogP contribution in [0.4, 0.5) is 0 Å². The molecule has 2 rings (SSSR count). The highest BCUT2D eigenvalue weighted by molar-refractivity contribution is 5.89. The van der Waals surface area contributed by atoms with Gasteiger partial charge in [-0.05, 0) is 25.1 Å². The average Bonchev–Trinajstić information content (AvgIpc) is 2.38. The summed E-state index contributed by atoms with van der Waals surface area (Å²) in [5.41, 5.74) is 5.43. The molecule has 0 saturated heterocycles. The molecule has 0 saturated carbocycles. The van der Waals surface area contributed by atoms with E-state index in [1.165, 1.54) is 0 Å². The predicted octanol–water partition coefficient (Wildman–Crippen LogP) is 0.788. The molecule has 14 heavy (non-hydrogen) atoms. The van der Waals surface area contributed by atoms with Crippen molar-refractivity contribution in [1.29, 1.82) is 0 Å². The summed E-state index contributed by atoms with van der Waals surface area (Å²) in [7, 11) is 1.56. The molecule has 0 spiro atoms. The van der Waals surface area contributed by atoms with Crippen molar-refractivity contribution in [2.75, 3.05) is 7.11 Å². The van der Waals surface area contributed by atoms with Crippen LogP contribution in [0.1, 0.15) is 12.5 Å². The second-order valence-corrected chi connectivity index (χ2v) is 3.45. The van der Waals surface area contributed by atoms with Crippen LogP contribution < -0.4 is 15.2 Å². The van der Waals surface area contributed by atoms with Gasteiger partial charge in [-0.1, -0.05) is 0 Å². The lowest BCUT2D eigenvalue weighted by atomic mass is 9.95. The molecule has 0 amide bonds. The molecule has 1 atom stereocenters. The summed E-state index contributed by atoms with van der Waals surface area (Å²) in [4.78, 5) is 11.4. The topological polar surface area (TPSA) is 61.5 Å². The van der Waals surface area contributed by atoms with Crippen molar-refractivity contribution in [2.24, 2.45) is 5.73 Å². The fourth-order valence-electron chi connectivity index (χ4n) is 1.45. The number of hydrogen-bond donors (Lipinski definition) is 1. The Morgan fingerprint density at radius 3 is 2.86 bits per heavy atom. The Kier molecular flexibility index (Phi) is 1.75. The number of rotatable bonds is 1. The molecule has 1 heterocycles. The number of esters is 1. The number of ether oxygens (including phenoxy) is 2. The maximum Gasteiger partial charge on any atom is 0.336 e. The quantitative estimate of drug-likeness (QED) is 0.529. The minimum Gasteiger partial charge on any atom is -0.497 e. The van der Waals surface area contributed by atoms with E-state index >= 15 is 0 Å². The van der Waals surface area contributed by atoms with Gasteiger partial charge in [0.05, 0.1) is 7.11 Å². The van der Waals surface area contributed by atoms with Crippen LogP contribution in [0.5, 0.6) is 11.5 Å². The highest BCUT2D eigenvalue weighted by Crippen LogP contribution is 2.38. The number of hydrogen-bond acceptors (Lipinski definition) is 4. The van der Waals surface area contributed by atoms with E-state index in [-0.39, 0.29) is 0 Å². The van der Waals surface area contributed by atoms with Gasteiger partial charge in [0.2, 0.25) is 0 Å². The van der Waals surface area contributed by atoms with Crippen LogP contribution in [0, 0.1) is 0 Å². The lowest BCUT2D eigenvalue weighted by Gasteiger charge is -2.13. The number of nitrogens with two attached hydrogens (primary N) is 1. The Morgan fingerprint density at radius 1 is 1.50 bits per heavy atom. The zero-order chi connectivity index (χ0) is 10.3.